The monoisotopic (exact) mass is 438 g/mol. The van der Waals surface area contributed by atoms with Crippen molar-refractivity contribution >= 4 is 46.2 Å². The molecule has 0 bridgehead atoms. The van der Waals surface area contributed by atoms with Crippen LogP contribution < -0.4 is 0 Å². The van der Waals surface area contributed by atoms with Crippen LogP contribution in [0.5, 0.6) is 0 Å². The first-order valence-corrected chi connectivity index (χ1v) is 10.4. The molecule has 148 valence electrons. The van der Waals surface area contributed by atoms with E-state index in [1.54, 1.807) is 35.7 Å². The lowest BCUT2D eigenvalue weighted by molar-refractivity contribution is -0.129. The zero-order valence-corrected chi connectivity index (χ0v) is 17.8. The standard InChI is InChI=1S/C20H20Cl2N2O3S/c1-23(2)8-4-9-24-17(12-6-7-13(21)14(22)11-12)16(19(26)20(24)27)18(25)15-5-3-10-28-15/h3,5-7,10-11,17,26H,4,8-9H2,1-2H3. The van der Waals surface area contributed by atoms with Crippen LogP contribution in [0.25, 0.3) is 0 Å². The highest BCUT2D eigenvalue weighted by atomic mass is 35.5. The Morgan fingerprint density at radius 1 is 1.25 bits per heavy atom. The summed E-state index contributed by atoms with van der Waals surface area (Å²) in [6.45, 7) is 1.17. The molecule has 1 unspecified atom stereocenters. The third-order valence-corrected chi connectivity index (χ3v) is 6.16. The number of hydrogen-bond acceptors (Lipinski definition) is 5. The molecule has 1 amide bonds. The fraction of sp³-hybridized carbons (Fsp3) is 0.300. The van der Waals surface area contributed by atoms with Gasteiger partial charge < -0.3 is 14.9 Å². The molecule has 1 aromatic carbocycles. The third kappa shape index (κ3) is 4.10. The summed E-state index contributed by atoms with van der Waals surface area (Å²) in [7, 11) is 3.90. The molecule has 0 spiro atoms. The van der Waals surface area contributed by atoms with Gasteiger partial charge in [0.05, 0.1) is 26.5 Å². The van der Waals surface area contributed by atoms with E-state index in [1.807, 2.05) is 19.0 Å². The molecule has 1 aliphatic rings. The number of Topliss-reactive ketones (excluding diaryl/α,β-unsaturated/α-hetero) is 1. The van der Waals surface area contributed by atoms with Crippen molar-refractivity contribution < 1.29 is 14.7 Å². The Morgan fingerprint density at radius 2 is 2.00 bits per heavy atom. The van der Waals surface area contributed by atoms with Crippen molar-refractivity contribution in [3.8, 4) is 0 Å². The Bertz CT molecular complexity index is 926. The lowest BCUT2D eigenvalue weighted by atomic mass is 9.95. The van der Waals surface area contributed by atoms with E-state index in [0.29, 0.717) is 33.5 Å². The number of hydrogen-bond donors (Lipinski definition) is 1. The molecule has 0 saturated carbocycles. The van der Waals surface area contributed by atoms with Crippen LogP contribution in [0.15, 0.2) is 47.0 Å². The number of thiophene rings is 1. The quantitative estimate of drug-likeness (QED) is 0.642. The van der Waals surface area contributed by atoms with E-state index >= 15 is 0 Å². The number of carbonyl (C=O) groups excluding carboxylic acids is 2. The van der Waals surface area contributed by atoms with Crippen LogP contribution in [0.4, 0.5) is 0 Å². The van der Waals surface area contributed by atoms with Gasteiger partial charge in [-0.25, -0.2) is 0 Å². The summed E-state index contributed by atoms with van der Waals surface area (Å²) < 4.78 is 0. The lowest BCUT2D eigenvalue weighted by Crippen LogP contribution is -2.33. The first-order chi connectivity index (χ1) is 13.3. The van der Waals surface area contributed by atoms with E-state index in [1.165, 1.54) is 16.2 Å². The highest BCUT2D eigenvalue weighted by molar-refractivity contribution is 7.12. The Hall–Kier alpha value is -1.86. The van der Waals surface area contributed by atoms with Crippen LogP contribution in [-0.2, 0) is 4.79 Å². The van der Waals surface area contributed by atoms with Crippen molar-refractivity contribution in [1.82, 2.24) is 9.80 Å². The van der Waals surface area contributed by atoms with Crippen molar-refractivity contribution in [2.75, 3.05) is 27.2 Å². The van der Waals surface area contributed by atoms with Gasteiger partial charge in [0, 0.05) is 6.54 Å². The van der Waals surface area contributed by atoms with Crippen LogP contribution in [-0.4, -0.2) is 53.8 Å². The predicted molar refractivity (Wildman–Crippen MR) is 112 cm³/mol. The number of nitrogens with zero attached hydrogens (tertiary/aromatic N) is 2. The maximum Gasteiger partial charge on any atom is 0.290 e. The van der Waals surface area contributed by atoms with Gasteiger partial charge in [-0.2, -0.15) is 0 Å². The number of carbonyl (C=O) groups is 2. The Kier molecular flexibility index (Phi) is 6.45. The summed E-state index contributed by atoms with van der Waals surface area (Å²) in [5.74, 6) is -1.40. The molecule has 0 fully saturated rings. The zero-order chi connectivity index (χ0) is 20.4. The van der Waals surface area contributed by atoms with Crippen molar-refractivity contribution in [3.05, 3.63) is 67.5 Å². The number of aliphatic hydroxyl groups is 1. The maximum atomic E-state index is 13.1. The second-order valence-electron chi connectivity index (χ2n) is 6.80. The largest absolute Gasteiger partial charge is 0.503 e. The zero-order valence-electron chi connectivity index (χ0n) is 15.5. The molecular formula is C20H20Cl2N2O3S. The SMILES string of the molecule is CN(C)CCCN1C(=O)C(O)=C(C(=O)c2cccs2)C1c1ccc(Cl)c(Cl)c1. The molecule has 5 nitrogen and oxygen atoms in total. The van der Waals surface area contributed by atoms with Gasteiger partial charge >= 0.3 is 0 Å². The topological polar surface area (TPSA) is 60.9 Å². The van der Waals surface area contributed by atoms with Crippen LogP contribution >= 0.6 is 34.5 Å². The molecule has 0 radical (unpaired) electrons. The van der Waals surface area contributed by atoms with Crippen molar-refractivity contribution in [2.45, 2.75) is 12.5 Å². The first kappa shape index (κ1) is 20.9. The average Bonchev–Trinajstić information content (AvgIpc) is 3.26. The van der Waals surface area contributed by atoms with Gasteiger partial charge in [0.25, 0.3) is 5.91 Å². The van der Waals surface area contributed by atoms with E-state index in [4.69, 9.17) is 23.2 Å². The summed E-state index contributed by atoms with van der Waals surface area (Å²) in [6.07, 6.45) is 0.699. The van der Waals surface area contributed by atoms with Crippen molar-refractivity contribution in [2.24, 2.45) is 0 Å². The first-order valence-electron chi connectivity index (χ1n) is 8.73. The molecular weight excluding hydrogens is 419 g/mol. The second-order valence-corrected chi connectivity index (χ2v) is 8.56. The van der Waals surface area contributed by atoms with Crippen LogP contribution in [0.3, 0.4) is 0 Å². The highest BCUT2D eigenvalue weighted by Gasteiger charge is 2.43. The number of halogens is 2. The number of ketones is 1. The van der Waals surface area contributed by atoms with E-state index < -0.39 is 17.7 Å². The molecule has 1 atom stereocenters. The minimum absolute atomic E-state index is 0.0793. The molecule has 1 N–H and O–H groups in total. The fourth-order valence-corrected chi connectivity index (χ4v) is 4.23. The molecule has 2 heterocycles. The van der Waals surface area contributed by atoms with Crippen LogP contribution in [0, 0.1) is 0 Å². The van der Waals surface area contributed by atoms with E-state index in [2.05, 4.69) is 0 Å². The summed E-state index contributed by atoms with van der Waals surface area (Å²) in [4.78, 5) is 29.9. The molecule has 0 aliphatic carbocycles. The van der Waals surface area contributed by atoms with Gasteiger partial charge in [-0.15, -0.1) is 11.3 Å². The van der Waals surface area contributed by atoms with Crippen molar-refractivity contribution in [3.63, 3.8) is 0 Å². The molecule has 0 saturated heterocycles. The van der Waals surface area contributed by atoms with Crippen LogP contribution in [0.1, 0.15) is 27.7 Å². The summed E-state index contributed by atoms with van der Waals surface area (Å²) in [5, 5.41) is 13.1. The number of aliphatic hydroxyl groups excluding tert-OH is 1. The normalized spacial score (nSPS) is 17.1. The minimum Gasteiger partial charge on any atom is -0.503 e. The summed E-state index contributed by atoms with van der Waals surface area (Å²) in [5.41, 5.74) is 0.715. The Morgan fingerprint density at radius 3 is 2.61 bits per heavy atom. The van der Waals surface area contributed by atoms with Gasteiger partial charge in [0.15, 0.2) is 5.76 Å². The van der Waals surface area contributed by atoms with Gasteiger partial charge in [0.2, 0.25) is 5.78 Å². The summed E-state index contributed by atoms with van der Waals surface area (Å²) in [6, 6.07) is 7.73. The van der Waals surface area contributed by atoms with E-state index in [0.717, 1.165) is 6.54 Å². The smallest absolute Gasteiger partial charge is 0.290 e. The van der Waals surface area contributed by atoms with Gasteiger partial charge in [-0.1, -0.05) is 35.3 Å². The lowest BCUT2D eigenvalue weighted by Gasteiger charge is -2.27. The Balaban J connectivity index is 2.03. The third-order valence-electron chi connectivity index (χ3n) is 4.56. The number of benzene rings is 1. The molecule has 1 aliphatic heterocycles. The number of amides is 1. The highest BCUT2D eigenvalue weighted by Crippen LogP contribution is 2.41. The number of rotatable bonds is 7. The van der Waals surface area contributed by atoms with E-state index in [9.17, 15) is 14.7 Å². The molecule has 8 heteroatoms. The summed E-state index contributed by atoms with van der Waals surface area (Å²) >= 11 is 13.5. The van der Waals surface area contributed by atoms with Gasteiger partial charge in [-0.3, -0.25) is 9.59 Å². The fourth-order valence-electron chi connectivity index (χ4n) is 3.24. The maximum absolute atomic E-state index is 13.1. The van der Waals surface area contributed by atoms with Gasteiger partial charge in [-0.05, 0) is 56.2 Å². The average molecular weight is 439 g/mol. The second kappa shape index (κ2) is 8.66. The molecule has 1 aromatic heterocycles. The van der Waals surface area contributed by atoms with E-state index in [-0.39, 0.29) is 11.4 Å². The molecule has 28 heavy (non-hydrogen) atoms. The Labute approximate surface area is 177 Å². The van der Waals surface area contributed by atoms with Crippen LogP contribution in [0.2, 0.25) is 10.0 Å². The predicted octanol–water partition coefficient (Wildman–Crippen LogP) is 4.58. The van der Waals surface area contributed by atoms with Crippen molar-refractivity contribution in [1.29, 1.82) is 0 Å². The van der Waals surface area contributed by atoms with Gasteiger partial charge in [0.1, 0.15) is 0 Å². The molecule has 2 aromatic rings. The minimum atomic E-state index is -0.709. The molecule has 3 rings (SSSR count).